The molecule has 0 spiro atoms. The normalized spacial score (nSPS) is 19.7. The van der Waals surface area contributed by atoms with Crippen molar-refractivity contribution in [2.24, 2.45) is 5.92 Å². The fourth-order valence-corrected chi connectivity index (χ4v) is 1.52. The number of methoxy groups -OCH3 is 1. The molecule has 1 radical (unpaired) electrons. The van der Waals surface area contributed by atoms with Crippen molar-refractivity contribution in [2.75, 3.05) is 7.11 Å². The molecule has 0 atom stereocenters. The van der Waals surface area contributed by atoms with E-state index in [1.807, 2.05) is 0 Å². The molecule has 0 aromatic rings. The van der Waals surface area contributed by atoms with Gasteiger partial charge in [0.25, 0.3) is 0 Å². The minimum absolute atomic E-state index is 0.0584. The Morgan fingerprint density at radius 1 is 1.55 bits per heavy atom. The van der Waals surface area contributed by atoms with Gasteiger partial charge >= 0.3 is 5.97 Å². The number of ether oxygens (including phenoxy) is 1. The Kier molecular flexibility index (Phi) is 3.40. The summed E-state index contributed by atoms with van der Waals surface area (Å²) in [4.78, 5) is 10.8. The zero-order valence-corrected chi connectivity index (χ0v) is 7.01. The Morgan fingerprint density at radius 3 is 2.73 bits per heavy atom. The fraction of sp³-hybridized carbons (Fsp3) is 0.778. The average Bonchev–Trinajstić information content (AvgIpc) is 2.06. The highest BCUT2D eigenvalue weighted by Gasteiger charge is 2.16. The summed E-state index contributed by atoms with van der Waals surface area (Å²) >= 11 is 0. The number of carbonyl (C=O) groups is 1. The van der Waals surface area contributed by atoms with Gasteiger partial charge in [0.15, 0.2) is 0 Å². The van der Waals surface area contributed by atoms with E-state index in [1.54, 1.807) is 0 Å². The molecule has 1 aliphatic rings. The summed E-state index contributed by atoms with van der Waals surface area (Å²) in [6.07, 6.45) is 7.58. The van der Waals surface area contributed by atoms with Crippen molar-refractivity contribution in [1.29, 1.82) is 0 Å². The van der Waals surface area contributed by atoms with Crippen LogP contribution in [-0.4, -0.2) is 13.1 Å². The molecule has 0 amide bonds. The highest BCUT2D eigenvalue weighted by molar-refractivity contribution is 5.69. The molecule has 1 aliphatic carbocycles. The van der Waals surface area contributed by atoms with E-state index < -0.39 is 0 Å². The molecule has 0 aliphatic heterocycles. The van der Waals surface area contributed by atoms with Crippen LogP contribution in [0.5, 0.6) is 0 Å². The molecule has 2 heteroatoms. The third-order valence-electron chi connectivity index (χ3n) is 2.24. The molecule has 0 aromatic heterocycles. The summed E-state index contributed by atoms with van der Waals surface area (Å²) in [6, 6.07) is 0. The van der Waals surface area contributed by atoms with Gasteiger partial charge in [-0.05, 0) is 38.0 Å². The molecule has 0 saturated heterocycles. The largest absolute Gasteiger partial charge is 0.469 e. The predicted octanol–water partition coefficient (Wildman–Crippen LogP) is 1.94. The van der Waals surface area contributed by atoms with Gasteiger partial charge in [0, 0.05) is 6.42 Å². The minimum atomic E-state index is -0.0584. The predicted molar refractivity (Wildman–Crippen MR) is 42.9 cm³/mol. The lowest BCUT2D eigenvalue weighted by Gasteiger charge is -2.19. The number of rotatable bonds is 2. The maximum atomic E-state index is 10.8. The lowest BCUT2D eigenvalue weighted by molar-refractivity contribution is -0.141. The molecule has 1 rings (SSSR count). The smallest absolute Gasteiger partial charge is 0.305 e. The van der Waals surface area contributed by atoms with Gasteiger partial charge in [-0.1, -0.05) is 0 Å². The van der Waals surface area contributed by atoms with Crippen molar-refractivity contribution in [3.8, 4) is 0 Å². The van der Waals surface area contributed by atoms with Crippen LogP contribution in [0, 0.1) is 12.3 Å². The lowest BCUT2D eigenvalue weighted by atomic mass is 9.87. The summed E-state index contributed by atoms with van der Waals surface area (Å²) in [5.74, 6) is 0.518. The van der Waals surface area contributed by atoms with Crippen molar-refractivity contribution >= 4 is 5.97 Å². The molecule has 0 N–H and O–H groups in total. The maximum Gasteiger partial charge on any atom is 0.305 e. The van der Waals surface area contributed by atoms with E-state index in [0.717, 1.165) is 12.8 Å². The van der Waals surface area contributed by atoms with Crippen LogP contribution in [0.1, 0.15) is 32.1 Å². The van der Waals surface area contributed by atoms with Gasteiger partial charge in [0.2, 0.25) is 0 Å². The van der Waals surface area contributed by atoms with Crippen molar-refractivity contribution in [3.05, 3.63) is 6.42 Å². The number of hydrogen-bond donors (Lipinski definition) is 0. The number of esters is 1. The molecule has 1 saturated carbocycles. The van der Waals surface area contributed by atoms with Crippen molar-refractivity contribution < 1.29 is 9.53 Å². The first-order chi connectivity index (χ1) is 5.33. The summed E-state index contributed by atoms with van der Waals surface area (Å²) < 4.78 is 4.60. The third kappa shape index (κ3) is 2.91. The highest BCUT2D eigenvalue weighted by atomic mass is 16.5. The molecule has 2 nitrogen and oxygen atoms in total. The van der Waals surface area contributed by atoms with Gasteiger partial charge in [-0.3, -0.25) is 4.79 Å². The lowest BCUT2D eigenvalue weighted by Crippen LogP contribution is -2.13. The van der Waals surface area contributed by atoms with E-state index in [0.29, 0.717) is 12.3 Å². The van der Waals surface area contributed by atoms with Crippen LogP contribution in [0.25, 0.3) is 0 Å². The van der Waals surface area contributed by atoms with E-state index in [9.17, 15) is 4.79 Å². The first kappa shape index (κ1) is 8.57. The topological polar surface area (TPSA) is 26.3 Å². The standard InChI is InChI=1S/C9H15O2/c1-11-9(10)7-8-5-3-2-4-6-8/h2,8H,3-7H2,1H3. The summed E-state index contributed by atoms with van der Waals surface area (Å²) in [6.45, 7) is 0. The molecular weight excluding hydrogens is 140 g/mol. The Balaban J connectivity index is 2.19. The molecule has 0 heterocycles. The van der Waals surface area contributed by atoms with Crippen molar-refractivity contribution in [1.82, 2.24) is 0 Å². The molecule has 11 heavy (non-hydrogen) atoms. The van der Waals surface area contributed by atoms with E-state index in [4.69, 9.17) is 0 Å². The van der Waals surface area contributed by atoms with Gasteiger partial charge in [-0.2, -0.15) is 0 Å². The summed E-state index contributed by atoms with van der Waals surface area (Å²) in [5.41, 5.74) is 0. The van der Waals surface area contributed by atoms with Crippen LogP contribution >= 0.6 is 0 Å². The van der Waals surface area contributed by atoms with Crippen LogP contribution < -0.4 is 0 Å². The zero-order valence-electron chi connectivity index (χ0n) is 7.01. The summed E-state index contributed by atoms with van der Waals surface area (Å²) in [7, 11) is 1.46. The Hall–Kier alpha value is -0.530. The van der Waals surface area contributed by atoms with Crippen LogP contribution in [0.15, 0.2) is 0 Å². The van der Waals surface area contributed by atoms with Crippen LogP contribution in [0.3, 0.4) is 0 Å². The number of carbonyl (C=O) groups excluding carboxylic acids is 1. The van der Waals surface area contributed by atoms with E-state index in [-0.39, 0.29) is 5.97 Å². The second-order valence-corrected chi connectivity index (χ2v) is 3.09. The van der Waals surface area contributed by atoms with Gasteiger partial charge < -0.3 is 4.74 Å². The second-order valence-electron chi connectivity index (χ2n) is 3.09. The van der Waals surface area contributed by atoms with Crippen LogP contribution in [-0.2, 0) is 9.53 Å². The fourth-order valence-electron chi connectivity index (χ4n) is 1.52. The number of hydrogen-bond acceptors (Lipinski definition) is 2. The van der Waals surface area contributed by atoms with Gasteiger partial charge in [-0.15, -0.1) is 0 Å². The average molecular weight is 155 g/mol. The Labute approximate surface area is 67.9 Å². The quantitative estimate of drug-likeness (QED) is 0.570. The Morgan fingerprint density at radius 2 is 2.18 bits per heavy atom. The van der Waals surface area contributed by atoms with Gasteiger partial charge in [-0.25, -0.2) is 0 Å². The minimum Gasteiger partial charge on any atom is -0.469 e. The molecule has 0 bridgehead atoms. The SMILES string of the molecule is COC(=O)CC1CC[CH]CC1. The highest BCUT2D eigenvalue weighted by Crippen LogP contribution is 2.25. The van der Waals surface area contributed by atoms with Crippen molar-refractivity contribution in [2.45, 2.75) is 32.1 Å². The Bertz CT molecular complexity index is 126. The molecule has 1 fully saturated rings. The molecule has 0 aromatic carbocycles. The monoisotopic (exact) mass is 155 g/mol. The zero-order chi connectivity index (χ0) is 8.10. The molecule has 63 valence electrons. The van der Waals surface area contributed by atoms with Gasteiger partial charge in [0.1, 0.15) is 0 Å². The maximum absolute atomic E-state index is 10.8. The van der Waals surface area contributed by atoms with E-state index in [1.165, 1.54) is 20.0 Å². The van der Waals surface area contributed by atoms with Crippen molar-refractivity contribution in [3.63, 3.8) is 0 Å². The summed E-state index contributed by atoms with van der Waals surface area (Å²) in [5, 5.41) is 0. The first-order valence-corrected chi connectivity index (χ1v) is 4.21. The van der Waals surface area contributed by atoms with Gasteiger partial charge in [0.05, 0.1) is 7.11 Å². The van der Waals surface area contributed by atoms with Crippen LogP contribution in [0.4, 0.5) is 0 Å². The molecule has 0 unspecified atom stereocenters. The third-order valence-corrected chi connectivity index (χ3v) is 2.24. The molecular formula is C9H15O2. The van der Waals surface area contributed by atoms with E-state index >= 15 is 0 Å². The van der Waals surface area contributed by atoms with Crippen LogP contribution in [0.2, 0.25) is 0 Å². The van der Waals surface area contributed by atoms with E-state index in [2.05, 4.69) is 11.2 Å². The second kappa shape index (κ2) is 4.37. The first-order valence-electron chi connectivity index (χ1n) is 4.21.